The summed E-state index contributed by atoms with van der Waals surface area (Å²) in [5, 5.41) is 1.12. The summed E-state index contributed by atoms with van der Waals surface area (Å²) < 4.78 is 6.12. The molecular formula is C18H24N2O. The van der Waals surface area contributed by atoms with E-state index in [9.17, 15) is 0 Å². The molecule has 0 radical (unpaired) electrons. The molecule has 0 aliphatic heterocycles. The van der Waals surface area contributed by atoms with E-state index in [0.717, 1.165) is 41.1 Å². The predicted octanol–water partition coefficient (Wildman–Crippen LogP) is 4.16. The minimum absolute atomic E-state index is 0.356. The molecule has 1 saturated carbocycles. The van der Waals surface area contributed by atoms with Gasteiger partial charge in [0.05, 0.1) is 18.2 Å². The first kappa shape index (κ1) is 14.3. The largest absolute Gasteiger partial charge is 0.383 e. The van der Waals surface area contributed by atoms with Crippen molar-refractivity contribution in [1.82, 2.24) is 4.98 Å². The van der Waals surface area contributed by atoms with Crippen LogP contribution in [0.2, 0.25) is 0 Å². The third-order valence-electron chi connectivity index (χ3n) is 4.45. The van der Waals surface area contributed by atoms with Gasteiger partial charge in [0.2, 0.25) is 0 Å². The summed E-state index contributed by atoms with van der Waals surface area (Å²) in [4.78, 5) is 4.47. The van der Waals surface area contributed by atoms with E-state index in [-0.39, 0.29) is 0 Å². The molecule has 3 heteroatoms. The molecule has 2 N–H and O–H groups in total. The van der Waals surface area contributed by atoms with Gasteiger partial charge in [-0.1, -0.05) is 32.0 Å². The lowest BCUT2D eigenvalue weighted by atomic mass is 9.82. The standard InChI is InChI=1S/C18H24N2O/c1-12-7-13(2)9-16(8-12)21-11-15-10-14-5-3-4-6-17(14)20-18(15)19/h3-6,10,12-13,16H,7-9,11H2,1-2H3,(H2,19,20). The van der Waals surface area contributed by atoms with Crippen molar-refractivity contribution in [3.05, 3.63) is 35.9 Å². The Morgan fingerprint density at radius 3 is 2.62 bits per heavy atom. The summed E-state index contributed by atoms with van der Waals surface area (Å²) >= 11 is 0. The predicted molar refractivity (Wildman–Crippen MR) is 86.9 cm³/mol. The van der Waals surface area contributed by atoms with Crippen molar-refractivity contribution in [1.29, 1.82) is 0 Å². The summed E-state index contributed by atoms with van der Waals surface area (Å²) in [6, 6.07) is 10.2. The van der Waals surface area contributed by atoms with Crippen LogP contribution in [-0.2, 0) is 11.3 Å². The zero-order valence-electron chi connectivity index (χ0n) is 12.9. The molecule has 3 rings (SSSR count). The summed E-state index contributed by atoms with van der Waals surface area (Å²) in [5.74, 6) is 2.10. The zero-order valence-corrected chi connectivity index (χ0v) is 12.9. The SMILES string of the molecule is CC1CC(C)CC(OCc2cc3ccccc3nc2N)C1. The number of anilines is 1. The minimum Gasteiger partial charge on any atom is -0.383 e. The third-order valence-corrected chi connectivity index (χ3v) is 4.45. The highest BCUT2D eigenvalue weighted by Crippen LogP contribution is 2.31. The lowest BCUT2D eigenvalue weighted by molar-refractivity contribution is -0.00895. The lowest BCUT2D eigenvalue weighted by Crippen LogP contribution is -2.26. The third kappa shape index (κ3) is 3.35. The van der Waals surface area contributed by atoms with Crippen LogP contribution in [0.5, 0.6) is 0 Å². The van der Waals surface area contributed by atoms with Gasteiger partial charge in [-0.05, 0) is 43.2 Å². The molecule has 0 spiro atoms. The van der Waals surface area contributed by atoms with Gasteiger partial charge in [-0.2, -0.15) is 0 Å². The van der Waals surface area contributed by atoms with Crippen molar-refractivity contribution in [2.45, 2.75) is 45.8 Å². The summed E-state index contributed by atoms with van der Waals surface area (Å²) in [6.45, 7) is 5.20. The Morgan fingerprint density at radius 1 is 1.14 bits per heavy atom. The number of benzene rings is 1. The fourth-order valence-corrected chi connectivity index (χ4v) is 3.51. The number of para-hydroxylation sites is 1. The number of ether oxygens (including phenoxy) is 1. The van der Waals surface area contributed by atoms with E-state index in [4.69, 9.17) is 10.5 Å². The molecule has 1 aromatic carbocycles. The van der Waals surface area contributed by atoms with Crippen molar-refractivity contribution in [2.24, 2.45) is 11.8 Å². The first-order valence-electron chi connectivity index (χ1n) is 7.87. The fourth-order valence-electron chi connectivity index (χ4n) is 3.51. The molecule has 0 bridgehead atoms. The van der Waals surface area contributed by atoms with Crippen LogP contribution < -0.4 is 5.73 Å². The number of nitrogen functional groups attached to an aromatic ring is 1. The van der Waals surface area contributed by atoms with Crippen molar-refractivity contribution < 1.29 is 4.74 Å². The van der Waals surface area contributed by atoms with Gasteiger partial charge in [-0.3, -0.25) is 0 Å². The molecule has 0 amide bonds. The molecule has 112 valence electrons. The Balaban J connectivity index is 1.71. The number of pyridine rings is 1. The average Bonchev–Trinajstić information content (AvgIpc) is 2.44. The first-order chi connectivity index (χ1) is 10.1. The number of aromatic nitrogens is 1. The van der Waals surface area contributed by atoms with Crippen LogP contribution in [0.4, 0.5) is 5.82 Å². The van der Waals surface area contributed by atoms with Crippen LogP contribution in [0.1, 0.15) is 38.7 Å². The Bertz CT molecular complexity index is 616. The van der Waals surface area contributed by atoms with Crippen molar-refractivity contribution in [2.75, 3.05) is 5.73 Å². The molecule has 3 nitrogen and oxygen atoms in total. The number of hydrogen-bond donors (Lipinski definition) is 1. The van der Waals surface area contributed by atoms with E-state index >= 15 is 0 Å². The fraction of sp³-hybridized carbons (Fsp3) is 0.500. The molecule has 21 heavy (non-hydrogen) atoms. The van der Waals surface area contributed by atoms with E-state index in [1.807, 2.05) is 18.2 Å². The Morgan fingerprint density at radius 2 is 1.86 bits per heavy atom. The molecule has 2 unspecified atom stereocenters. The van der Waals surface area contributed by atoms with Gasteiger partial charge in [0.25, 0.3) is 0 Å². The molecule has 1 heterocycles. The van der Waals surface area contributed by atoms with E-state index in [1.54, 1.807) is 0 Å². The van der Waals surface area contributed by atoms with E-state index in [0.29, 0.717) is 18.5 Å². The van der Waals surface area contributed by atoms with Crippen molar-refractivity contribution in [3.63, 3.8) is 0 Å². The summed E-state index contributed by atoms with van der Waals surface area (Å²) in [5.41, 5.74) is 8.01. The quantitative estimate of drug-likeness (QED) is 0.920. The maximum atomic E-state index is 6.12. The molecule has 1 fully saturated rings. The Kier molecular flexibility index (Phi) is 4.11. The van der Waals surface area contributed by atoms with Gasteiger partial charge in [-0.15, -0.1) is 0 Å². The van der Waals surface area contributed by atoms with Gasteiger partial charge in [-0.25, -0.2) is 4.98 Å². The van der Waals surface area contributed by atoms with Crippen LogP contribution in [-0.4, -0.2) is 11.1 Å². The lowest BCUT2D eigenvalue weighted by Gasteiger charge is -2.31. The maximum Gasteiger partial charge on any atom is 0.129 e. The molecule has 1 aliphatic rings. The van der Waals surface area contributed by atoms with Crippen molar-refractivity contribution >= 4 is 16.7 Å². The van der Waals surface area contributed by atoms with E-state index in [1.165, 1.54) is 6.42 Å². The van der Waals surface area contributed by atoms with Crippen LogP contribution >= 0.6 is 0 Å². The highest BCUT2D eigenvalue weighted by atomic mass is 16.5. The number of fused-ring (bicyclic) bond motifs is 1. The Labute approximate surface area is 126 Å². The topological polar surface area (TPSA) is 48.1 Å². The number of nitrogens with zero attached hydrogens (tertiary/aromatic N) is 1. The average molecular weight is 284 g/mol. The summed E-state index contributed by atoms with van der Waals surface area (Å²) in [6.07, 6.45) is 3.99. The first-order valence-corrected chi connectivity index (χ1v) is 7.87. The smallest absolute Gasteiger partial charge is 0.129 e. The number of nitrogens with two attached hydrogens (primary N) is 1. The van der Waals surface area contributed by atoms with Crippen LogP contribution in [0.15, 0.2) is 30.3 Å². The zero-order chi connectivity index (χ0) is 14.8. The van der Waals surface area contributed by atoms with Gasteiger partial charge in [0.1, 0.15) is 5.82 Å². The highest BCUT2D eigenvalue weighted by molar-refractivity contribution is 5.81. The van der Waals surface area contributed by atoms with E-state index in [2.05, 4.69) is 31.0 Å². The Hall–Kier alpha value is -1.61. The molecular weight excluding hydrogens is 260 g/mol. The van der Waals surface area contributed by atoms with Crippen LogP contribution in [0.3, 0.4) is 0 Å². The molecule has 2 aromatic rings. The number of rotatable bonds is 3. The number of hydrogen-bond acceptors (Lipinski definition) is 3. The monoisotopic (exact) mass is 284 g/mol. The van der Waals surface area contributed by atoms with Gasteiger partial charge >= 0.3 is 0 Å². The van der Waals surface area contributed by atoms with Crippen molar-refractivity contribution in [3.8, 4) is 0 Å². The van der Waals surface area contributed by atoms with E-state index < -0.39 is 0 Å². The molecule has 1 aromatic heterocycles. The maximum absolute atomic E-state index is 6.12. The minimum atomic E-state index is 0.356. The van der Waals surface area contributed by atoms with Gasteiger partial charge in [0, 0.05) is 10.9 Å². The van der Waals surface area contributed by atoms with Gasteiger partial charge < -0.3 is 10.5 Å². The van der Waals surface area contributed by atoms with Crippen LogP contribution in [0, 0.1) is 11.8 Å². The molecule has 0 saturated heterocycles. The molecule has 1 aliphatic carbocycles. The second kappa shape index (κ2) is 6.02. The second-order valence-corrected chi connectivity index (χ2v) is 6.58. The molecule has 2 atom stereocenters. The second-order valence-electron chi connectivity index (χ2n) is 6.58. The summed E-state index contributed by atoms with van der Waals surface area (Å²) in [7, 11) is 0. The van der Waals surface area contributed by atoms with Gasteiger partial charge in [0.15, 0.2) is 0 Å². The highest BCUT2D eigenvalue weighted by Gasteiger charge is 2.24. The normalized spacial score (nSPS) is 26.1. The van der Waals surface area contributed by atoms with Crippen LogP contribution in [0.25, 0.3) is 10.9 Å².